The van der Waals surface area contributed by atoms with Gasteiger partial charge in [0.15, 0.2) is 5.82 Å². The van der Waals surface area contributed by atoms with Crippen LogP contribution < -0.4 is 5.32 Å². The summed E-state index contributed by atoms with van der Waals surface area (Å²) in [6, 6.07) is 1.63. The molecule has 0 aliphatic carbocycles. The molecule has 1 unspecified atom stereocenters. The predicted molar refractivity (Wildman–Crippen MR) is 79.3 cm³/mol. The number of nitrogens with one attached hydrogen (secondary N) is 1. The van der Waals surface area contributed by atoms with Crippen LogP contribution >= 0.6 is 15.9 Å². The summed E-state index contributed by atoms with van der Waals surface area (Å²) in [6.45, 7) is 4.79. The number of carbonyl (C=O) groups excluding carboxylic acids is 1. The molecule has 0 bridgehead atoms. The van der Waals surface area contributed by atoms with Crippen molar-refractivity contribution in [1.82, 2.24) is 24.6 Å². The Morgan fingerprint density at radius 2 is 2.30 bits per heavy atom. The van der Waals surface area contributed by atoms with Crippen molar-refractivity contribution in [2.24, 2.45) is 7.05 Å². The predicted octanol–water partition coefficient (Wildman–Crippen LogP) is 2.28. The molecule has 0 saturated heterocycles. The van der Waals surface area contributed by atoms with Crippen LogP contribution in [0.2, 0.25) is 0 Å². The quantitative estimate of drug-likeness (QED) is 0.908. The van der Waals surface area contributed by atoms with E-state index >= 15 is 0 Å². The van der Waals surface area contributed by atoms with Crippen LogP contribution in [0.25, 0.3) is 0 Å². The summed E-state index contributed by atoms with van der Waals surface area (Å²) in [5.41, 5.74) is 0.646. The Bertz CT molecular complexity index is 604. The highest BCUT2D eigenvalue weighted by Gasteiger charge is 2.18. The van der Waals surface area contributed by atoms with Gasteiger partial charge >= 0.3 is 0 Å². The summed E-state index contributed by atoms with van der Waals surface area (Å²) in [7, 11) is 1.86. The number of rotatable bonds is 5. The number of amides is 1. The first kappa shape index (κ1) is 14.8. The van der Waals surface area contributed by atoms with Crippen LogP contribution in [0.1, 0.15) is 42.6 Å². The molecule has 1 atom stereocenters. The van der Waals surface area contributed by atoms with E-state index in [1.54, 1.807) is 10.9 Å². The van der Waals surface area contributed by atoms with Gasteiger partial charge in [0.05, 0.1) is 6.04 Å². The first-order valence-electron chi connectivity index (χ1n) is 6.53. The van der Waals surface area contributed by atoms with E-state index in [0.29, 0.717) is 5.69 Å². The molecule has 7 heteroatoms. The van der Waals surface area contributed by atoms with Crippen molar-refractivity contribution in [3.8, 4) is 0 Å². The maximum absolute atomic E-state index is 12.4. The lowest BCUT2D eigenvalue weighted by molar-refractivity contribution is 0.0928. The number of nitrogens with zero attached hydrogens (tertiary/aromatic N) is 4. The third-order valence-corrected chi connectivity index (χ3v) is 3.48. The summed E-state index contributed by atoms with van der Waals surface area (Å²) < 4.78 is 4.65. The fraction of sp³-hybridized carbons (Fsp3) is 0.462. The Morgan fingerprint density at radius 3 is 2.90 bits per heavy atom. The lowest BCUT2D eigenvalue weighted by Crippen LogP contribution is -2.30. The summed E-state index contributed by atoms with van der Waals surface area (Å²) in [6.07, 6.45) is 4.51. The van der Waals surface area contributed by atoms with Crippen LogP contribution in [0.3, 0.4) is 0 Å². The Morgan fingerprint density at radius 1 is 1.55 bits per heavy atom. The average molecular weight is 340 g/mol. The molecule has 0 aromatic carbocycles. The van der Waals surface area contributed by atoms with Crippen molar-refractivity contribution in [3.63, 3.8) is 0 Å². The number of hydrogen-bond donors (Lipinski definition) is 1. The van der Waals surface area contributed by atoms with Crippen molar-refractivity contribution in [3.05, 3.63) is 34.6 Å². The van der Waals surface area contributed by atoms with Gasteiger partial charge < -0.3 is 14.5 Å². The highest BCUT2D eigenvalue weighted by atomic mass is 79.9. The van der Waals surface area contributed by atoms with Gasteiger partial charge in [0, 0.05) is 24.3 Å². The molecular formula is C13H18BrN5O. The number of carbonyl (C=O) groups is 1. The summed E-state index contributed by atoms with van der Waals surface area (Å²) in [5.74, 6) is 0.616. The van der Waals surface area contributed by atoms with E-state index in [1.807, 2.05) is 30.8 Å². The number of aromatic nitrogens is 4. The lowest BCUT2D eigenvalue weighted by atomic mass is 10.3. The first-order chi connectivity index (χ1) is 9.52. The van der Waals surface area contributed by atoms with E-state index in [9.17, 15) is 4.79 Å². The third kappa shape index (κ3) is 3.09. The number of hydrogen-bond acceptors (Lipinski definition) is 3. The molecule has 0 radical (unpaired) electrons. The molecule has 108 valence electrons. The van der Waals surface area contributed by atoms with Gasteiger partial charge in [0.2, 0.25) is 0 Å². The maximum atomic E-state index is 12.4. The molecule has 2 heterocycles. The minimum atomic E-state index is -0.196. The third-order valence-electron chi connectivity index (χ3n) is 3.04. The van der Waals surface area contributed by atoms with Crippen molar-refractivity contribution < 1.29 is 4.79 Å². The molecule has 0 aliphatic heterocycles. The fourth-order valence-electron chi connectivity index (χ4n) is 2.11. The summed E-state index contributed by atoms with van der Waals surface area (Å²) >= 11 is 3.41. The van der Waals surface area contributed by atoms with Crippen molar-refractivity contribution in [1.29, 1.82) is 0 Å². The summed E-state index contributed by atoms with van der Waals surface area (Å²) in [4.78, 5) is 12.4. The molecule has 2 rings (SSSR count). The van der Waals surface area contributed by atoms with Gasteiger partial charge in [-0.25, -0.2) is 0 Å². The molecule has 0 spiro atoms. The Balaban J connectivity index is 2.14. The minimum absolute atomic E-state index is 0.111. The van der Waals surface area contributed by atoms with Gasteiger partial charge in [-0.05, 0) is 35.3 Å². The fourth-order valence-corrected chi connectivity index (χ4v) is 2.57. The van der Waals surface area contributed by atoms with Crippen molar-refractivity contribution in [2.75, 3.05) is 0 Å². The van der Waals surface area contributed by atoms with Crippen LogP contribution in [-0.2, 0) is 13.6 Å². The monoisotopic (exact) mass is 339 g/mol. The van der Waals surface area contributed by atoms with E-state index in [4.69, 9.17) is 0 Å². The van der Waals surface area contributed by atoms with Gasteiger partial charge in [0.25, 0.3) is 5.91 Å². The Labute approximate surface area is 126 Å². The highest BCUT2D eigenvalue weighted by molar-refractivity contribution is 9.10. The minimum Gasteiger partial charge on any atom is -0.342 e. The second-order valence-electron chi connectivity index (χ2n) is 4.73. The zero-order valence-electron chi connectivity index (χ0n) is 11.8. The average Bonchev–Trinajstić information content (AvgIpc) is 2.96. The Kier molecular flexibility index (Phi) is 4.59. The zero-order chi connectivity index (χ0) is 14.7. The number of aryl methyl sites for hydroxylation is 2. The molecule has 1 N–H and O–H groups in total. The van der Waals surface area contributed by atoms with Gasteiger partial charge in [-0.2, -0.15) is 0 Å². The molecule has 0 aliphatic rings. The SMILES string of the molecule is CCCn1cc(Br)cc1C(=O)NC(C)c1nncn1C. The zero-order valence-corrected chi connectivity index (χ0v) is 13.4. The smallest absolute Gasteiger partial charge is 0.268 e. The molecule has 6 nitrogen and oxygen atoms in total. The normalized spacial score (nSPS) is 12.4. The molecule has 2 aromatic rings. The van der Waals surface area contributed by atoms with Crippen LogP contribution in [0.5, 0.6) is 0 Å². The topological polar surface area (TPSA) is 64.7 Å². The van der Waals surface area contributed by atoms with E-state index < -0.39 is 0 Å². The van der Waals surface area contributed by atoms with E-state index in [-0.39, 0.29) is 11.9 Å². The molecule has 1 amide bonds. The second kappa shape index (κ2) is 6.21. The lowest BCUT2D eigenvalue weighted by Gasteiger charge is -2.14. The molecule has 0 saturated carbocycles. The van der Waals surface area contributed by atoms with Crippen LogP contribution in [0, 0.1) is 0 Å². The number of halogens is 1. The summed E-state index contributed by atoms with van der Waals surface area (Å²) in [5, 5.41) is 10.8. The Hall–Kier alpha value is -1.63. The first-order valence-corrected chi connectivity index (χ1v) is 7.32. The van der Waals surface area contributed by atoms with Gasteiger partial charge in [0.1, 0.15) is 12.0 Å². The van der Waals surface area contributed by atoms with Crippen LogP contribution in [0.15, 0.2) is 23.1 Å². The molecule has 2 aromatic heterocycles. The molecule has 0 fully saturated rings. The van der Waals surface area contributed by atoms with Gasteiger partial charge in [-0.3, -0.25) is 4.79 Å². The van der Waals surface area contributed by atoms with E-state index in [2.05, 4.69) is 38.4 Å². The van der Waals surface area contributed by atoms with E-state index in [1.165, 1.54) is 0 Å². The second-order valence-corrected chi connectivity index (χ2v) is 5.65. The van der Waals surface area contributed by atoms with Gasteiger partial charge in [-0.15, -0.1) is 10.2 Å². The van der Waals surface area contributed by atoms with Crippen LogP contribution in [-0.4, -0.2) is 25.2 Å². The van der Waals surface area contributed by atoms with E-state index in [0.717, 1.165) is 23.3 Å². The molecular weight excluding hydrogens is 322 g/mol. The molecule has 20 heavy (non-hydrogen) atoms. The van der Waals surface area contributed by atoms with Crippen LogP contribution in [0.4, 0.5) is 0 Å². The highest BCUT2D eigenvalue weighted by Crippen LogP contribution is 2.17. The van der Waals surface area contributed by atoms with Crippen molar-refractivity contribution in [2.45, 2.75) is 32.9 Å². The largest absolute Gasteiger partial charge is 0.342 e. The maximum Gasteiger partial charge on any atom is 0.268 e. The van der Waals surface area contributed by atoms with Crippen molar-refractivity contribution >= 4 is 21.8 Å². The standard InChI is InChI=1S/C13H18BrN5O/c1-4-5-19-7-10(14)6-11(19)13(20)16-9(2)12-17-15-8-18(12)3/h6-9H,4-5H2,1-3H3,(H,16,20). The van der Waals surface area contributed by atoms with Gasteiger partial charge in [-0.1, -0.05) is 6.92 Å².